The molecule has 0 radical (unpaired) electrons. The van der Waals surface area contributed by atoms with E-state index in [1.54, 1.807) is 0 Å². The molecule has 32 heavy (non-hydrogen) atoms. The zero-order valence-electron chi connectivity index (χ0n) is 19.6. The molecule has 0 saturated carbocycles. The van der Waals surface area contributed by atoms with Crippen molar-refractivity contribution in [3.05, 3.63) is 70.2 Å². The lowest BCUT2D eigenvalue weighted by Crippen LogP contribution is -2.26. The minimum Gasteiger partial charge on any atom is -0.419 e. The lowest BCUT2D eigenvalue weighted by atomic mass is 10.1. The molecule has 0 spiro atoms. The second kappa shape index (κ2) is 9.65. The first kappa shape index (κ1) is 22.2. The first-order valence-electron chi connectivity index (χ1n) is 11.5. The Balaban J connectivity index is 1.67. The van der Waals surface area contributed by atoms with E-state index in [1.165, 1.54) is 11.1 Å². The molecule has 1 aliphatic rings. The van der Waals surface area contributed by atoms with Crippen LogP contribution in [0.4, 0.5) is 5.82 Å². The molecule has 1 aromatic carbocycles. The minimum atomic E-state index is 0.0447. The average Bonchev–Trinajstić information content (AvgIpc) is 3.11. The Kier molecular flexibility index (Phi) is 6.70. The number of fused-ring (bicyclic) bond motifs is 1. The molecule has 0 saturated heterocycles. The third kappa shape index (κ3) is 4.60. The summed E-state index contributed by atoms with van der Waals surface area (Å²) in [6, 6.07) is 12.5. The van der Waals surface area contributed by atoms with Crippen LogP contribution in [0.15, 0.2) is 36.4 Å². The van der Waals surface area contributed by atoms with E-state index < -0.39 is 0 Å². The van der Waals surface area contributed by atoms with Gasteiger partial charge in [-0.15, -0.1) is 0 Å². The second-order valence-corrected chi connectivity index (χ2v) is 8.22. The summed E-state index contributed by atoms with van der Waals surface area (Å²) in [5, 5.41) is 3.67. The molecule has 6 heteroatoms. The zero-order chi connectivity index (χ0) is 22.7. The van der Waals surface area contributed by atoms with Gasteiger partial charge in [0.2, 0.25) is 11.8 Å². The quantitative estimate of drug-likeness (QED) is 0.505. The summed E-state index contributed by atoms with van der Waals surface area (Å²) >= 11 is 0. The third-order valence-electron chi connectivity index (χ3n) is 5.80. The van der Waals surface area contributed by atoms with Gasteiger partial charge in [-0.1, -0.05) is 38.1 Å². The molecule has 1 N–H and O–H groups in total. The van der Waals surface area contributed by atoms with Crippen LogP contribution in [-0.2, 0) is 24.0 Å². The summed E-state index contributed by atoms with van der Waals surface area (Å²) in [7, 11) is 0. The fourth-order valence-corrected chi connectivity index (χ4v) is 4.36. The van der Waals surface area contributed by atoms with Crippen LogP contribution >= 0.6 is 0 Å². The number of nitrogens with zero attached hydrogens (tertiary/aromatic N) is 3. The van der Waals surface area contributed by atoms with Gasteiger partial charge in [-0.2, -0.15) is 0 Å². The molecule has 0 unspecified atom stereocenters. The van der Waals surface area contributed by atoms with Crippen molar-refractivity contribution >= 4 is 5.82 Å². The van der Waals surface area contributed by atoms with Crippen molar-refractivity contribution in [1.29, 1.82) is 0 Å². The molecule has 0 amide bonds. The Hall–Kier alpha value is -2.99. The highest BCUT2D eigenvalue weighted by atomic mass is 16.5. The number of ether oxygens (including phenoxy) is 2. The summed E-state index contributed by atoms with van der Waals surface area (Å²) in [6.07, 6.45) is 2.42. The number of pyridine rings is 1. The van der Waals surface area contributed by atoms with Crippen LogP contribution in [0.1, 0.15) is 60.6 Å². The number of nitrogens with one attached hydrogen (secondary N) is 1. The van der Waals surface area contributed by atoms with E-state index in [4.69, 9.17) is 19.4 Å². The van der Waals surface area contributed by atoms with Crippen molar-refractivity contribution in [3.8, 4) is 11.8 Å². The van der Waals surface area contributed by atoms with E-state index in [0.29, 0.717) is 24.8 Å². The van der Waals surface area contributed by atoms with E-state index in [0.717, 1.165) is 41.3 Å². The van der Waals surface area contributed by atoms with Crippen molar-refractivity contribution in [2.75, 3.05) is 11.9 Å². The van der Waals surface area contributed by atoms with Crippen molar-refractivity contribution in [1.82, 2.24) is 15.0 Å². The molecule has 4 rings (SSSR count). The van der Waals surface area contributed by atoms with Gasteiger partial charge in [0.15, 0.2) is 0 Å². The predicted molar refractivity (Wildman–Crippen MR) is 126 cm³/mol. The SMILES string of the molecule is CCO[C@H]1Cc2ccccc2[C@H]1Nc1nc(CC)c(Oc2cc(C)cc(C)n2)nc1CC. The van der Waals surface area contributed by atoms with Crippen LogP contribution in [0.5, 0.6) is 11.8 Å². The number of anilines is 1. The van der Waals surface area contributed by atoms with Gasteiger partial charge >= 0.3 is 0 Å². The summed E-state index contributed by atoms with van der Waals surface area (Å²) < 4.78 is 12.2. The fourth-order valence-electron chi connectivity index (χ4n) is 4.36. The maximum atomic E-state index is 6.11. The van der Waals surface area contributed by atoms with Crippen LogP contribution < -0.4 is 10.1 Å². The van der Waals surface area contributed by atoms with E-state index in [9.17, 15) is 0 Å². The molecule has 2 aromatic heterocycles. The number of hydrogen-bond acceptors (Lipinski definition) is 6. The molecule has 6 nitrogen and oxygen atoms in total. The lowest BCUT2D eigenvalue weighted by molar-refractivity contribution is 0.0573. The topological polar surface area (TPSA) is 69.2 Å². The van der Waals surface area contributed by atoms with Crippen LogP contribution in [-0.4, -0.2) is 27.7 Å². The van der Waals surface area contributed by atoms with Crippen LogP contribution in [0.3, 0.4) is 0 Å². The lowest BCUT2D eigenvalue weighted by Gasteiger charge is -2.24. The molecule has 0 fully saturated rings. The van der Waals surface area contributed by atoms with Gasteiger partial charge in [-0.3, -0.25) is 0 Å². The summed E-state index contributed by atoms with van der Waals surface area (Å²) in [6.45, 7) is 10.9. The molecular weight excluding hydrogens is 400 g/mol. The summed E-state index contributed by atoms with van der Waals surface area (Å²) in [5.74, 6) is 1.88. The standard InChI is InChI=1S/C26H32N4O2/c1-6-20-25(30-24-19-12-10-9-11-18(19)15-22(24)31-8-3)28-21(7-2)26(29-20)32-23-14-16(4)13-17(5)27-23/h9-14,22,24H,6-8,15H2,1-5H3,(H,28,30)/t22-,24+/m0/s1. The van der Waals surface area contributed by atoms with E-state index >= 15 is 0 Å². The van der Waals surface area contributed by atoms with Crippen molar-refractivity contribution in [3.63, 3.8) is 0 Å². The Bertz CT molecular complexity index is 1080. The number of rotatable bonds is 8. The second-order valence-electron chi connectivity index (χ2n) is 8.22. The molecule has 0 aliphatic heterocycles. The van der Waals surface area contributed by atoms with Gasteiger partial charge in [-0.05, 0) is 56.4 Å². The maximum absolute atomic E-state index is 6.11. The molecule has 168 valence electrons. The van der Waals surface area contributed by atoms with Crippen LogP contribution in [0.25, 0.3) is 0 Å². The molecule has 2 atom stereocenters. The zero-order valence-corrected chi connectivity index (χ0v) is 19.6. The third-order valence-corrected chi connectivity index (χ3v) is 5.80. The molecule has 1 aliphatic carbocycles. The minimum absolute atomic E-state index is 0.0447. The smallest absolute Gasteiger partial charge is 0.243 e. The average molecular weight is 433 g/mol. The van der Waals surface area contributed by atoms with Crippen LogP contribution in [0.2, 0.25) is 0 Å². The Labute approximate surface area is 190 Å². The Morgan fingerprint density at radius 3 is 2.47 bits per heavy atom. The number of aromatic nitrogens is 3. The highest BCUT2D eigenvalue weighted by Gasteiger charge is 2.33. The summed E-state index contributed by atoms with van der Waals surface area (Å²) in [4.78, 5) is 14.3. The van der Waals surface area contributed by atoms with Gasteiger partial charge in [0, 0.05) is 24.8 Å². The normalized spacial score (nSPS) is 17.3. The van der Waals surface area contributed by atoms with Crippen molar-refractivity contribution in [2.45, 2.75) is 66.0 Å². The largest absolute Gasteiger partial charge is 0.419 e. The molecule has 0 bridgehead atoms. The fraction of sp³-hybridized carbons (Fsp3) is 0.423. The van der Waals surface area contributed by atoms with Gasteiger partial charge in [0.05, 0.1) is 17.8 Å². The molecular formula is C26H32N4O2. The van der Waals surface area contributed by atoms with Crippen molar-refractivity contribution < 1.29 is 9.47 Å². The number of hydrogen-bond donors (Lipinski definition) is 1. The number of benzene rings is 1. The highest BCUT2D eigenvalue weighted by molar-refractivity contribution is 5.50. The Morgan fingerprint density at radius 2 is 1.75 bits per heavy atom. The Morgan fingerprint density at radius 1 is 0.969 bits per heavy atom. The molecule has 2 heterocycles. The van der Waals surface area contributed by atoms with E-state index in [1.807, 2.05) is 32.9 Å². The summed E-state index contributed by atoms with van der Waals surface area (Å²) in [5.41, 5.74) is 6.31. The predicted octanol–water partition coefficient (Wildman–Crippen LogP) is 5.52. The first-order valence-corrected chi connectivity index (χ1v) is 11.5. The maximum Gasteiger partial charge on any atom is 0.243 e. The first-order chi connectivity index (χ1) is 15.5. The van der Waals surface area contributed by atoms with Gasteiger partial charge in [0.25, 0.3) is 0 Å². The number of aryl methyl sites for hydroxylation is 4. The van der Waals surface area contributed by atoms with Gasteiger partial charge in [-0.25, -0.2) is 15.0 Å². The van der Waals surface area contributed by atoms with E-state index in [-0.39, 0.29) is 12.1 Å². The van der Waals surface area contributed by atoms with E-state index in [2.05, 4.69) is 48.4 Å². The highest BCUT2D eigenvalue weighted by Crippen LogP contribution is 2.37. The monoisotopic (exact) mass is 432 g/mol. The van der Waals surface area contributed by atoms with Crippen molar-refractivity contribution in [2.24, 2.45) is 0 Å². The van der Waals surface area contributed by atoms with Gasteiger partial charge in [0.1, 0.15) is 11.5 Å². The molecule has 3 aromatic rings. The van der Waals surface area contributed by atoms with Gasteiger partial charge < -0.3 is 14.8 Å². The van der Waals surface area contributed by atoms with Crippen LogP contribution in [0, 0.1) is 13.8 Å².